The fraction of sp³-hybridized carbons (Fsp3) is 0.333. The number of alkyl halides is 6. The van der Waals surface area contributed by atoms with E-state index in [9.17, 15) is 35.9 Å². The van der Waals surface area contributed by atoms with Crippen molar-refractivity contribution >= 4 is 11.9 Å². The predicted molar refractivity (Wildman–Crippen MR) is 60.6 cm³/mol. The zero-order valence-corrected chi connectivity index (χ0v) is 10.9. The number of hydrogen-bond donors (Lipinski definition) is 1. The minimum atomic E-state index is -5.01. The van der Waals surface area contributed by atoms with Crippen LogP contribution in [0.2, 0.25) is 0 Å². The van der Waals surface area contributed by atoms with Crippen LogP contribution >= 0.6 is 0 Å². The summed E-state index contributed by atoms with van der Waals surface area (Å²) in [6.45, 7) is -0.710. The van der Waals surface area contributed by atoms with E-state index < -0.39 is 47.5 Å². The molecule has 0 unspecified atom stereocenters. The molecule has 0 aliphatic heterocycles. The van der Waals surface area contributed by atoms with Crippen LogP contribution < -0.4 is 0 Å². The van der Waals surface area contributed by atoms with Gasteiger partial charge >= 0.3 is 24.2 Å². The zero-order chi connectivity index (χ0) is 17.3. The van der Waals surface area contributed by atoms with Crippen molar-refractivity contribution in [3.05, 3.63) is 34.9 Å². The lowest BCUT2D eigenvalue weighted by Crippen LogP contribution is -2.32. The van der Waals surface area contributed by atoms with Crippen molar-refractivity contribution in [3.63, 3.8) is 0 Å². The highest BCUT2D eigenvalue weighted by Crippen LogP contribution is 2.36. The Kier molecular flexibility index (Phi) is 4.73. The Morgan fingerprint density at radius 1 is 1.00 bits per heavy atom. The summed E-state index contributed by atoms with van der Waals surface area (Å²) in [4.78, 5) is 22.0. The van der Waals surface area contributed by atoms with Crippen molar-refractivity contribution in [2.75, 3.05) is 7.05 Å². The summed E-state index contributed by atoms with van der Waals surface area (Å²) >= 11 is 0. The number of nitrogens with zero attached hydrogens (tertiary/aromatic N) is 1. The molecule has 22 heavy (non-hydrogen) atoms. The molecule has 0 aliphatic rings. The molecule has 0 bridgehead atoms. The lowest BCUT2D eigenvalue weighted by Gasteiger charge is -2.18. The number of carbonyl (C=O) groups excluding carboxylic acids is 1. The van der Waals surface area contributed by atoms with E-state index in [1.807, 2.05) is 0 Å². The molecule has 122 valence electrons. The van der Waals surface area contributed by atoms with Crippen molar-refractivity contribution in [1.82, 2.24) is 4.90 Å². The topological polar surface area (TPSA) is 57.6 Å². The average Bonchev–Trinajstić information content (AvgIpc) is 2.35. The SMILES string of the molecule is CN(Cc1cc(C(F)(F)F)cc(C(F)(F)F)c1)C(=O)C(=O)O. The van der Waals surface area contributed by atoms with Crippen molar-refractivity contribution in [3.8, 4) is 0 Å². The van der Waals surface area contributed by atoms with Crippen molar-refractivity contribution in [2.45, 2.75) is 18.9 Å². The van der Waals surface area contributed by atoms with Crippen LogP contribution in [0.4, 0.5) is 26.3 Å². The lowest BCUT2D eigenvalue weighted by molar-refractivity contribution is -0.155. The predicted octanol–water partition coefficient (Wildman–Crippen LogP) is 2.77. The van der Waals surface area contributed by atoms with Crippen LogP contribution in [0.1, 0.15) is 16.7 Å². The molecule has 1 N–H and O–H groups in total. The minimum Gasteiger partial charge on any atom is -0.474 e. The van der Waals surface area contributed by atoms with Crippen LogP contribution in [0.3, 0.4) is 0 Å². The van der Waals surface area contributed by atoms with Gasteiger partial charge in [-0.05, 0) is 23.8 Å². The summed E-state index contributed by atoms with van der Waals surface area (Å²) in [7, 11) is 0.948. The van der Waals surface area contributed by atoms with Gasteiger partial charge in [0, 0.05) is 13.6 Å². The molecule has 0 saturated heterocycles. The van der Waals surface area contributed by atoms with Crippen LogP contribution in [-0.2, 0) is 28.5 Å². The van der Waals surface area contributed by atoms with Crippen molar-refractivity contribution in [1.29, 1.82) is 0 Å². The zero-order valence-electron chi connectivity index (χ0n) is 10.9. The number of likely N-dealkylation sites (N-methyl/N-ethyl adjacent to an activating group) is 1. The van der Waals surface area contributed by atoms with Gasteiger partial charge in [-0.1, -0.05) is 0 Å². The molecule has 0 saturated carbocycles. The molecule has 1 rings (SSSR count). The normalized spacial score (nSPS) is 12.1. The van der Waals surface area contributed by atoms with Crippen LogP contribution in [0.25, 0.3) is 0 Å². The standard InChI is InChI=1S/C12H9F6NO3/c1-19(9(20)10(21)22)5-6-2-7(11(13,14)15)4-8(3-6)12(16,17)18/h2-4H,5H2,1H3,(H,21,22). The van der Waals surface area contributed by atoms with Gasteiger partial charge in [0.2, 0.25) is 0 Å². The molecule has 1 aromatic rings. The maximum atomic E-state index is 12.6. The Balaban J connectivity index is 3.25. The number of benzene rings is 1. The second kappa shape index (κ2) is 5.85. The Labute approximate surface area is 119 Å². The molecule has 0 aromatic heterocycles. The van der Waals surface area contributed by atoms with Gasteiger partial charge in [0.15, 0.2) is 0 Å². The maximum Gasteiger partial charge on any atom is 0.416 e. The Morgan fingerprint density at radius 2 is 1.41 bits per heavy atom. The van der Waals surface area contributed by atoms with E-state index in [1.165, 1.54) is 0 Å². The monoisotopic (exact) mass is 329 g/mol. The van der Waals surface area contributed by atoms with Crippen LogP contribution in [0.15, 0.2) is 18.2 Å². The van der Waals surface area contributed by atoms with E-state index in [2.05, 4.69) is 0 Å². The summed E-state index contributed by atoms with van der Waals surface area (Å²) in [6, 6.07) is 0.810. The van der Waals surface area contributed by atoms with Gasteiger partial charge in [0.05, 0.1) is 11.1 Å². The van der Waals surface area contributed by atoms with Crippen molar-refractivity contribution < 1.29 is 41.0 Å². The molecule has 10 heteroatoms. The smallest absolute Gasteiger partial charge is 0.416 e. The van der Waals surface area contributed by atoms with Crippen LogP contribution in [0.5, 0.6) is 0 Å². The highest BCUT2D eigenvalue weighted by molar-refractivity contribution is 6.31. The molecule has 0 heterocycles. The molecule has 0 aliphatic carbocycles. The highest BCUT2D eigenvalue weighted by Gasteiger charge is 2.37. The van der Waals surface area contributed by atoms with Gasteiger partial charge in [0.1, 0.15) is 0 Å². The van der Waals surface area contributed by atoms with E-state index in [1.54, 1.807) is 0 Å². The Bertz CT molecular complexity index is 561. The molecule has 0 fully saturated rings. The summed E-state index contributed by atoms with van der Waals surface area (Å²) in [5.74, 6) is -3.32. The number of rotatable bonds is 2. The maximum absolute atomic E-state index is 12.6. The third-order valence-corrected chi connectivity index (χ3v) is 2.60. The minimum absolute atomic E-state index is 0.0531. The van der Waals surface area contributed by atoms with Gasteiger partial charge in [-0.3, -0.25) is 4.79 Å². The number of aliphatic carboxylic acids is 1. The molecule has 0 atom stereocenters. The average molecular weight is 329 g/mol. The van der Waals surface area contributed by atoms with Crippen LogP contribution in [-0.4, -0.2) is 28.9 Å². The van der Waals surface area contributed by atoms with E-state index in [-0.39, 0.29) is 6.07 Å². The summed E-state index contributed by atoms with van der Waals surface area (Å²) < 4.78 is 75.7. The molecular formula is C12H9F6NO3. The highest BCUT2D eigenvalue weighted by atomic mass is 19.4. The summed E-state index contributed by atoms with van der Waals surface area (Å²) in [6.07, 6.45) is -10.0. The first-order valence-electron chi connectivity index (χ1n) is 5.59. The third-order valence-electron chi connectivity index (χ3n) is 2.60. The molecular weight excluding hydrogens is 320 g/mol. The second-order valence-electron chi connectivity index (χ2n) is 4.38. The second-order valence-corrected chi connectivity index (χ2v) is 4.38. The fourth-order valence-corrected chi connectivity index (χ4v) is 1.62. The third kappa shape index (κ3) is 4.37. The molecule has 0 spiro atoms. The lowest BCUT2D eigenvalue weighted by atomic mass is 10.0. The Hall–Kier alpha value is -2.26. The van der Waals surface area contributed by atoms with E-state index in [0.29, 0.717) is 17.0 Å². The van der Waals surface area contributed by atoms with Gasteiger partial charge < -0.3 is 10.0 Å². The summed E-state index contributed by atoms with van der Waals surface area (Å²) in [5.41, 5.74) is -3.55. The van der Waals surface area contributed by atoms with E-state index >= 15 is 0 Å². The van der Waals surface area contributed by atoms with Crippen LogP contribution in [0, 0.1) is 0 Å². The number of halogens is 6. The number of carboxylic acid groups (broad SMARTS) is 1. The summed E-state index contributed by atoms with van der Waals surface area (Å²) in [5, 5.41) is 8.45. The number of hydrogen-bond acceptors (Lipinski definition) is 2. The number of amides is 1. The number of carbonyl (C=O) groups is 2. The molecule has 1 amide bonds. The quantitative estimate of drug-likeness (QED) is 0.670. The van der Waals surface area contributed by atoms with Gasteiger partial charge in [0.25, 0.3) is 0 Å². The Morgan fingerprint density at radius 3 is 1.73 bits per heavy atom. The van der Waals surface area contributed by atoms with E-state index in [4.69, 9.17) is 5.11 Å². The molecule has 4 nitrogen and oxygen atoms in total. The fourth-order valence-electron chi connectivity index (χ4n) is 1.62. The van der Waals surface area contributed by atoms with Crippen molar-refractivity contribution in [2.24, 2.45) is 0 Å². The number of carboxylic acids is 1. The van der Waals surface area contributed by atoms with Gasteiger partial charge in [-0.2, -0.15) is 26.3 Å². The first kappa shape index (κ1) is 17.8. The first-order chi connectivity index (χ1) is 9.82. The molecule has 1 aromatic carbocycles. The molecule has 0 radical (unpaired) electrons. The van der Waals surface area contributed by atoms with E-state index in [0.717, 1.165) is 7.05 Å². The largest absolute Gasteiger partial charge is 0.474 e. The first-order valence-corrected chi connectivity index (χ1v) is 5.59. The van der Waals surface area contributed by atoms with Gasteiger partial charge in [-0.25, -0.2) is 4.79 Å². The van der Waals surface area contributed by atoms with Gasteiger partial charge in [-0.15, -0.1) is 0 Å².